The summed E-state index contributed by atoms with van der Waals surface area (Å²) in [4.78, 5) is 26.5. The van der Waals surface area contributed by atoms with Crippen molar-refractivity contribution in [2.75, 3.05) is 26.9 Å². The predicted octanol–water partition coefficient (Wildman–Crippen LogP) is 1.89. The summed E-state index contributed by atoms with van der Waals surface area (Å²) in [6.45, 7) is 4.26. The molecule has 0 spiro atoms. The molecule has 3 unspecified atom stereocenters. The van der Waals surface area contributed by atoms with Crippen molar-refractivity contribution in [3.63, 3.8) is 0 Å². The van der Waals surface area contributed by atoms with E-state index in [0.29, 0.717) is 26.3 Å². The highest BCUT2D eigenvalue weighted by Gasteiger charge is 2.34. The molecule has 6 nitrogen and oxygen atoms in total. The van der Waals surface area contributed by atoms with Crippen LogP contribution in [-0.4, -0.2) is 49.8 Å². The van der Waals surface area contributed by atoms with E-state index in [4.69, 9.17) is 9.47 Å². The van der Waals surface area contributed by atoms with Crippen molar-refractivity contribution in [2.24, 2.45) is 5.92 Å². The van der Waals surface area contributed by atoms with Gasteiger partial charge in [0, 0.05) is 25.7 Å². The predicted molar refractivity (Wildman–Crippen MR) is 88.5 cm³/mol. The minimum Gasteiger partial charge on any atom is -0.468 e. The number of carbonyl (C=O) groups excluding carboxylic acids is 2. The maximum atomic E-state index is 12.7. The molecule has 2 aliphatic rings. The van der Waals surface area contributed by atoms with Crippen molar-refractivity contribution in [1.29, 1.82) is 0 Å². The fourth-order valence-corrected chi connectivity index (χ4v) is 3.45. The van der Waals surface area contributed by atoms with Gasteiger partial charge in [-0.3, -0.25) is 4.79 Å². The molecule has 130 valence electrons. The van der Waals surface area contributed by atoms with E-state index < -0.39 is 5.92 Å². The zero-order chi connectivity index (χ0) is 17.1. The maximum Gasteiger partial charge on any atom is 0.317 e. The number of ether oxygens (including phenoxy) is 2. The Morgan fingerprint density at radius 3 is 2.88 bits per heavy atom. The number of hydrogen-bond donors (Lipinski definition) is 1. The lowest BCUT2D eigenvalue weighted by Crippen LogP contribution is -2.52. The quantitative estimate of drug-likeness (QED) is 0.840. The molecule has 3 rings (SSSR count). The van der Waals surface area contributed by atoms with Crippen molar-refractivity contribution in [1.82, 2.24) is 10.2 Å². The summed E-state index contributed by atoms with van der Waals surface area (Å²) in [6.07, 6.45) is 0.817. The number of esters is 1. The zero-order valence-electron chi connectivity index (χ0n) is 14.2. The second kappa shape index (κ2) is 7.21. The van der Waals surface area contributed by atoms with Crippen LogP contribution in [0.15, 0.2) is 24.3 Å². The van der Waals surface area contributed by atoms with Crippen LogP contribution in [0.4, 0.5) is 4.79 Å². The Labute approximate surface area is 142 Å². The SMILES string of the molecule is COC(=O)C1CN(C(=O)NC2CCOCC2C)Cc2ccccc21. The van der Waals surface area contributed by atoms with Crippen molar-refractivity contribution in [3.05, 3.63) is 35.4 Å². The largest absolute Gasteiger partial charge is 0.468 e. The molecule has 0 aliphatic carbocycles. The lowest BCUT2D eigenvalue weighted by atomic mass is 9.90. The third-order valence-corrected chi connectivity index (χ3v) is 4.92. The molecule has 1 aromatic rings. The summed E-state index contributed by atoms with van der Waals surface area (Å²) in [5, 5.41) is 3.10. The summed E-state index contributed by atoms with van der Waals surface area (Å²) < 4.78 is 10.4. The number of amides is 2. The number of urea groups is 1. The van der Waals surface area contributed by atoms with E-state index in [0.717, 1.165) is 17.5 Å². The summed E-state index contributed by atoms with van der Waals surface area (Å²) in [6, 6.07) is 7.72. The molecule has 3 atom stereocenters. The second-order valence-electron chi connectivity index (χ2n) is 6.55. The number of nitrogens with zero attached hydrogens (tertiary/aromatic N) is 1. The van der Waals surface area contributed by atoms with Crippen LogP contribution in [-0.2, 0) is 20.8 Å². The molecule has 24 heavy (non-hydrogen) atoms. The average molecular weight is 332 g/mol. The van der Waals surface area contributed by atoms with Gasteiger partial charge < -0.3 is 19.7 Å². The fraction of sp³-hybridized carbons (Fsp3) is 0.556. The Morgan fingerprint density at radius 2 is 2.12 bits per heavy atom. The Bertz CT molecular complexity index is 619. The number of carbonyl (C=O) groups is 2. The summed E-state index contributed by atoms with van der Waals surface area (Å²) >= 11 is 0. The van der Waals surface area contributed by atoms with Crippen molar-refractivity contribution in [2.45, 2.75) is 31.8 Å². The van der Waals surface area contributed by atoms with E-state index >= 15 is 0 Å². The van der Waals surface area contributed by atoms with E-state index in [9.17, 15) is 9.59 Å². The van der Waals surface area contributed by atoms with Crippen LogP contribution in [0.2, 0.25) is 0 Å². The zero-order valence-corrected chi connectivity index (χ0v) is 14.2. The normalized spacial score (nSPS) is 26.4. The van der Waals surface area contributed by atoms with E-state index in [1.807, 2.05) is 24.3 Å². The topological polar surface area (TPSA) is 67.9 Å². The lowest BCUT2D eigenvalue weighted by Gasteiger charge is -2.36. The summed E-state index contributed by atoms with van der Waals surface area (Å²) in [5.41, 5.74) is 1.95. The Hall–Kier alpha value is -2.08. The van der Waals surface area contributed by atoms with Gasteiger partial charge in [-0.1, -0.05) is 31.2 Å². The molecule has 2 heterocycles. The van der Waals surface area contributed by atoms with Crippen molar-refractivity contribution < 1.29 is 19.1 Å². The maximum absolute atomic E-state index is 12.7. The van der Waals surface area contributed by atoms with Gasteiger partial charge in [0.05, 0.1) is 19.6 Å². The lowest BCUT2D eigenvalue weighted by molar-refractivity contribution is -0.143. The summed E-state index contributed by atoms with van der Waals surface area (Å²) in [7, 11) is 1.38. The standard InChI is InChI=1S/C18H24N2O4/c1-12-11-24-8-7-16(12)19-18(22)20-9-13-5-3-4-6-14(13)15(10-20)17(21)23-2/h3-6,12,15-16H,7-11H2,1-2H3,(H,19,22). The second-order valence-corrected chi connectivity index (χ2v) is 6.55. The van der Waals surface area contributed by atoms with Crippen LogP contribution in [0.5, 0.6) is 0 Å². The van der Waals surface area contributed by atoms with Gasteiger partial charge >= 0.3 is 12.0 Å². The number of rotatable bonds is 2. The van der Waals surface area contributed by atoms with Crippen LogP contribution < -0.4 is 5.32 Å². The molecular formula is C18H24N2O4. The molecule has 2 aliphatic heterocycles. The highest BCUT2D eigenvalue weighted by Crippen LogP contribution is 2.29. The molecule has 0 aromatic heterocycles. The van der Waals surface area contributed by atoms with Crippen LogP contribution in [0, 0.1) is 5.92 Å². The third kappa shape index (κ3) is 3.38. The number of benzene rings is 1. The van der Waals surface area contributed by atoms with Crippen LogP contribution in [0.3, 0.4) is 0 Å². The van der Waals surface area contributed by atoms with Gasteiger partial charge in [-0.2, -0.15) is 0 Å². The van der Waals surface area contributed by atoms with Gasteiger partial charge in [-0.05, 0) is 23.5 Å². The Kier molecular flexibility index (Phi) is 5.04. The number of methoxy groups -OCH3 is 1. The first-order chi connectivity index (χ1) is 11.6. The first kappa shape index (κ1) is 16.8. The van der Waals surface area contributed by atoms with Crippen molar-refractivity contribution >= 4 is 12.0 Å². The van der Waals surface area contributed by atoms with Crippen LogP contribution in [0.25, 0.3) is 0 Å². The molecule has 1 fully saturated rings. The number of hydrogen-bond acceptors (Lipinski definition) is 4. The first-order valence-electron chi connectivity index (χ1n) is 8.39. The van der Waals surface area contributed by atoms with Gasteiger partial charge in [-0.15, -0.1) is 0 Å². The molecular weight excluding hydrogens is 308 g/mol. The fourth-order valence-electron chi connectivity index (χ4n) is 3.45. The van der Waals surface area contributed by atoms with Gasteiger partial charge in [0.2, 0.25) is 0 Å². The Balaban J connectivity index is 1.74. The molecule has 1 N–H and O–H groups in total. The van der Waals surface area contributed by atoms with Crippen molar-refractivity contribution in [3.8, 4) is 0 Å². The highest BCUT2D eigenvalue weighted by atomic mass is 16.5. The Morgan fingerprint density at radius 1 is 1.33 bits per heavy atom. The monoisotopic (exact) mass is 332 g/mol. The first-order valence-corrected chi connectivity index (χ1v) is 8.39. The average Bonchev–Trinajstić information content (AvgIpc) is 2.62. The van der Waals surface area contributed by atoms with E-state index in [1.165, 1.54) is 7.11 Å². The van der Waals surface area contributed by atoms with E-state index in [-0.39, 0.29) is 24.0 Å². The highest BCUT2D eigenvalue weighted by molar-refractivity contribution is 5.82. The molecule has 2 amide bonds. The molecule has 1 aromatic carbocycles. The van der Waals surface area contributed by atoms with E-state index in [2.05, 4.69) is 12.2 Å². The third-order valence-electron chi connectivity index (χ3n) is 4.92. The summed E-state index contributed by atoms with van der Waals surface area (Å²) in [5.74, 6) is -0.451. The van der Waals surface area contributed by atoms with Crippen LogP contribution >= 0.6 is 0 Å². The van der Waals surface area contributed by atoms with Gasteiger partial charge in [-0.25, -0.2) is 4.79 Å². The van der Waals surface area contributed by atoms with E-state index in [1.54, 1.807) is 4.90 Å². The molecule has 6 heteroatoms. The minimum atomic E-state index is -0.433. The molecule has 0 bridgehead atoms. The molecule has 0 saturated carbocycles. The number of nitrogens with one attached hydrogen (secondary N) is 1. The van der Waals surface area contributed by atoms with Crippen LogP contribution in [0.1, 0.15) is 30.4 Å². The molecule has 0 radical (unpaired) electrons. The smallest absolute Gasteiger partial charge is 0.317 e. The molecule has 1 saturated heterocycles. The van der Waals surface area contributed by atoms with Gasteiger partial charge in [0.15, 0.2) is 0 Å². The van der Waals surface area contributed by atoms with Gasteiger partial charge in [0.25, 0.3) is 0 Å². The minimum absolute atomic E-state index is 0.111. The van der Waals surface area contributed by atoms with Gasteiger partial charge in [0.1, 0.15) is 0 Å². The number of fused-ring (bicyclic) bond motifs is 1.